The zero-order chi connectivity index (χ0) is 10.8. The van der Waals surface area contributed by atoms with Gasteiger partial charge in [0, 0.05) is 18.9 Å². The normalized spacial score (nSPS) is 15.8. The lowest BCUT2D eigenvalue weighted by atomic mass is 10.4. The summed E-state index contributed by atoms with van der Waals surface area (Å²) in [5, 5.41) is 15.9. The molecule has 84 valence electrons. The van der Waals surface area contributed by atoms with E-state index in [1.54, 1.807) is 6.20 Å². The first-order valence-corrected chi connectivity index (χ1v) is 5.52. The topological polar surface area (TPSA) is 60.6 Å². The second-order valence-corrected chi connectivity index (χ2v) is 3.92. The minimum Gasteiger partial charge on any atom is -0.312 e. The molecule has 1 aliphatic heterocycles. The van der Waals surface area contributed by atoms with Crippen LogP contribution in [0.5, 0.6) is 0 Å². The minimum atomic E-state index is 0.694. The predicted molar refractivity (Wildman–Crippen MR) is 57.7 cm³/mol. The van der Waals surface area contributed by atoms with Gasteiger partial charge < -0.3 is 9.88 Å². The first-order valence-electron chi connectivity index (χ1n) is 5.52. The van der Waals surface area contributed by atoms with E-state index < -0.39 is 0 Å². The average Bonchev–Trinajstić information content (AvgIpc) is 2.86. The van der Waals surface area contributed by atoms with E-state index in [9.17, 15) is 0 Å². The van der Waals surface area contributed by atoms with Crippen molar-refractivity contribution >= 4 is 0 Å². The van der Waals surface area contributed by atoms with Crippen molar-refractivity contribution in [2.75, 3.05) is 6.54 Å². The molecule has 0 spiro atoms. The Morgan fingerprint density at radius 2 is 2.38 bits per heavy atom. The highest BCUT2D eigenvalue weighted by Gasteiger charge is 2.14. The van der Waals surface area contributed by atoms with Gasteiger partial charge in [-0.05, 0) is 19.0 Å². The Morgan fingerprint density at radius 1 is 1.38 bits per heavy atom. The molecule has 0 aliphatic carbocycles. The van der Waals surface area contributed by atoms with Gasteiger partial charge in [0.1, 0.15) is 12.4 Å². The molecule has 0 atom stereocenters. The Bertz CT molecular complexity index is 458. The number of fused-ring (bicyclic) bond motifs is 1. The molecule has 16 heavy (non-hydrogen) atoms. The van der Waals surface area contributed by atoms with Crippen LogP contribution < -0.4 is 5.32 Å². The maximum absolute atomic E-state index is 4.23. The van der Waals surface area contributed by atoms with Crippen LogP contribution >= 0.6 is 0 Å². The first kappa shape index (κ1) is 9.53. The molecule has 0 fully saturated rings. The van der Waals surface area contributed by atoms with Crippen LogP contribution in [0.25, 0.3) is 0 Å². The molecular formula is C10H14N6. The van der Waals surface area contributed by atoms with Crippen LogP contribution in [0, 0.1) is 0 Å². The van der Waals surface area contributed by atoms with Crippen LogP contribution in [0.4, 0.5) is 0 Å². The molecule has 6 nitrogen and oxygen atoms in total. The van der Waals surface area contributed by atoms with Crippen molar-refractivity contribution in [1.29, 1.82) is 0 Å². The Hall–Kier alpha value is -1.69. The number of nitrogens with zero attached hydrogens (tertiary/aromatic N) is 5. The second kappa shape index (κ2) is 4.05. The van der Waals surface area contributed by atoms with Crippen LogP contribution in [-0.4, -0.2) is 31.1 Å². The molecule has 0 unspecified atom stereocenters. The van der Waals surface area contributed by atoms with Crippen LogP contribution in [0.3, 0.4) is 0 Å². The smallest absolute Gasteiger partial charge is 0.154 e. The summed E-state index contributed by atoms with van der Waals surface area (Å²) in [6, 6.07) is 1.92. The largest absolute Gasteiger partial charge is 0.312 e. The van der Waals surface area contributed by atoms with E-state index in [1.165, 1.54) is 0 Å². The van der Waals surface area contributed by atoms with Crippen molar-refractivity contribution in [3.8, 4) is 0 Å². The molecule has 0 amide bonds. The van der Waals surface area contributed by atoms with Gasteiger partial charge in [-0.15, -0.1) is 10.2 Å². The quantitative estimate of drug-likeness (QED) is 0.771. The maximum atomic E-state index is 4.23. The van der Waals surface area contributed by atoms with Crippen molar-refractivity contribution in [3.05, 3.63) is 30.1 Å². The summed E-state index contributed by atoms with van der Waals surface area (Å²) >= 11 is 0. The second-order valence-electron chi connectivity index (χ2n) is 3.92. The summed E-state index contributed by atoms with van der Waals surface area (Å²) < 4.78 is 4.07. The van der Waals surface area contributed by atoms with Crippen molar-refractivity contribution in [1.82, 2.24) is 29.9 Å². The predicted octanol–water partition coefficient (Wildman–Crippen LogP) is 0.0162. The van der Waals surface area contributed by atoms with Gasteiger partial charge in [-0.3, -0.25) is 4.68 Å². The summed E-state index contributed by atoms with van der Waals surface area (Å²) in [7, 11) is 0. The fraction of sp³-hybridized carbons (Fsp3) is 0.500. The van der Waals surface area contributed by atoms with E-state index in [-0.39, 0.29) is 0 Å². The molecule has 1 aliphatic rings. The number of rotatable bonds is 2. The lowest BCUT2D eigenvalue weighted by molar-refractivity contribution is 0.575. The zero-order valence-electron chi connectivity index (χ0n) is 9.00. The van der Waals surface area contributed by atoms with Crippen LogP contribution in [0.15, 0.2) is 18.5 Å². The van der Waals surface area contributed by atoms with E-state index in [4.69, 9.17) is 0 Å². The Labute approximate surface area is 93.3 Å². The molecule has 0 aromatic carbocycles. The molecular weight excluding hydrogens is 204 g/mol. The van der Waals surface area contributed by atoms with Gasteiger partial charge in [-0.2, -0.15) is 5.10 Å². The highest BCUT2D eigenvalue weighted by Crippen LogP contribution is 2.07. The third-order valence-corrected chi connectivity index (χ3v) is 2.79. The monoisotopic (exact) mass is 218 g/mol. The Kier molecular flexibility index (Phi) is 2.41. The molecule has 0 saturated heterocycles. The number of nitrogens with one attached hydrogen (secondary N) is 1. The molecule has 2 aromatic heterocycles. The van der Waals surface area contributed by atoms with E-state index in [2.05, 4.69) is 25.2 Å². The third-order valence-electron chi connectivity index (χ3n) is 2.79. The molecule has 0 saturated carbocycles. The highest BCUT2D eigenvalue weighted by molar-refractivity contribution is 4.98. The number of hydrogen-bond acceptors (Lipinski definition) is 4. The molecule has 1 N–H and O–H groups in total. The number of hydrogen-bond donors (Lipinski definition) is 1. The Balaban J connectivity index is 1.87. The van der Waals surface area contributed by atoms with Crippen molar-refractivity contribution in [3.63, 3.8) is 0 Å². The fourth-order valence-corrected chi connectivity index (χ4v) is 1.98. The van der Waals surface area contributed by atoms with Crippen LogP contribution in [0.2, 0.25) is 0 Å². The molecule has 3 heterocycles. The van der Waals surface area contributed by atoms with E-state index in [0.717, 1.165) is 37.7 Å². The molecule has 3 rings (SSSR count). The SMILES string of the molecule is c1cnn(Cc2nnc3n2CCCNC3)c1. The van der Waals surface area contributed by atoms with Crippen molar-refractivity contribution in [2.45, 2.75) is 26.1 Å². The summed E-state index contributed by atoms with van der Waals surface area (Å²) in [6.07, 6.45) is 4.84. The summed E-state index contributed by atoms with van der Waals surface area (Å²) in [6.45, 7) is 3.54. The standard InChI is InChI=1S/C10H14N6/c1-3-11-7-9-13-14-10(16(9)6-1)8-15-5-2-4-12-15/h2,4-5,11H,1,3,6-8H2. The first-order chi connectivity index (χ1) is 7.93. The summed E-state index contributed by atoms with van der Waals surface area (Å²) in [5.74, 6) is 2.02. The minimum absolute atomic E-state index is 0.694. The fourth-order valence-electron chi connectivity index (χ4n) is 1.98. The molecule has 0 bridgehead atoms. The van der Waals surface area contributed by atoms with E-state index in [1.807, 2.05) is 16.9 Å². The van der Waals surface area contributed by atoms with Gasteiger partial charge in [0.2, 0.25) is 0 Å². The molecule has 6 heteroatoms. The van der Waals surface area contributed by atoms with Gasteiger partial charge in [-0.1, -0.05) is 0 Å². The van der Waals surface area contributed by atoms with Crippen LogP contribution in [-0.2, 0) is 19.6 Å². The zero-order valence-corrected chi connectivity index (χ0v) is 9.00. The maximum Gasteiger partial charge on any atom is 0.154 e. The van der Waals surface area contributed by atoms with Crippen LogP contribution in [0.1, 0.15) is 18.1 Å². The lowest BCUT2D eigenvalue weighted by Crippen LogP contribution is -2.13. The van der Waals surface area contributed by atoms with Crippen molar-refractivity contribution in [2.24, 2.45) is 0 Å². The Morgan fingerprint density at radius 3 is 3.25 bits per heavy atom. The third kappa shape index (κ3) is 1.71. The van der Waals surface area contributed by atoms with Gasteiger partial charge in [0.25, 0.3) is 0 Å². The lowest BCUT2D eigenvalue weighted by Gasteiger charge is -2.06. The molecule has 2 aromatic rings. The molecule has 0 radical (unpaired) electrons. The van der Waals surface area contributed by atoms with Crippen molar-refractivity contribution < 1.29 is 0 Å². The highest BCUT2D eigenvalue weighted by atomic mass is 15.3. The summed E-state index contributed by atoms with van der Waals surface area (Å²) in [5.41, 5.74) is 0. The van der Waals surface area contributed by atoms with E-state index >= 15 is 0 Å². The van der Waals surface area contributed by atoms with Gasteiger partial charge in [0.05, 0.1) is 6.54 Å². The number of aromatic nitrogens is 5. The van der Waals surface area contributed by atoms with Gasteiger partial charge >= 0.3 is 0 Å². The average molecular weight is 218 g/mol. The van der Waals surface area contributed by atoms with Gasteiger partial charge in [0.15, 0.2) is 5.82 Å². The van der Waals surface area contributed by atoms with E-state index in [0.29, 0.717) is 6.54 Å². The summed E-state index contributed by atoms with van der Waals surface area (Å²) in [4.78, 5) is 0. The van der Waals surface area contributed by atoms with Gasteiger partial charge in [-0.25, -0.2) is 0 Å².